The third kappa shape index (κ3) is 16.9. The lowest BCUT2D eigenvalue weighted by Gasteiger charge is -2.28. The summed E-state index contributed by atoms with van der Waals surface area (Å²) in [6.45, 7) is 12.6. The number of rotatable bonds is 20. The second-order valence-corrected chi connectivity index (χ2v) is 16.1. The number of hydrogen-bond acceptors (Lipinski definition) is 7. The number of alkyl carbamates (subject to hydrolysis) is 1. The lowest BCUT2D eigenvalue weighted by Crippen LogP contribution is -2.60. The van der Waals surface area contributed by atoms with E-state index in [1.54, 1.807) is 69.3 Å². The normalized spacial score (nSPS) is 14.0. The summed E-state index contributed by atoms with van der Waals surface area (Å²) < 4.78 is 5.43. The van der Waals surface area contributed by atoms with Crippen LogP contribution in [-0.2, 0) is 48.0 Å². The first-order valence-corrected chi connectivity index (χ1v) is 19.5. The van der Waals surface area contributed by atoms with Crippen LogP contribution in [0.3, 0.4) is 0 Å². The highest BCUT2D eigenvalue weighted by molar-refractivity contribution is 5.96. The van der Waals surface area contributed by atoms with Gasteiger partial charge < -0.3 is 36.4 Å². The number of ether oxygens (including phenoxy) is 1. The van der Waals surface area contributed by atoms with Gasteiger partial charge in [0.25, 0.3) is 0 Å². The molecule has 0 saturated heterocycles. The molecular weight excluding hydrogens is 727 g/mol. The molecule has 0 fully saturated rings. The number of benzene rings is 3. The van der Waals surface area contributed by atoms with E-state index in [-0.39, 0.29) is 43.9 Å². The number of amides is 5. The van der Waals surface area contributed by atoms with Crippen molar-refractivity contribution in [3.8, 4) is 0 Å². The van der Waals surface area contributed by atoms with Gasteiger partial charge in [0.15, 0.2) is 0 Å². The molecule has 0 aliphatic carbocycles. The van der Waals surface area contributed by atoms with Gasteiger partial charge in [0.2, 0.25) is 23.6 Å². The summed E-state index contributed by atoms with van der Waals surface area (Å²) in [5, 5.41) is 23.6. The molecule has 0 saturated carbocycles. The molecule has 13 nitrogen and oxygen atoms in total. The standard InChI is InChI=1S/C44H59N5O8/c1-28(2)23-33(46-41(53)36(26-31-19-13-9-14-20-31)49-43(56)57-44(5,6)7)38(50)47-35(25-30-17-11-8-12-18-30)40(52)45-34(24-29(3)4)39(51)48-37(42(54)55)27-32-21-15-10-16-22-32/h8-22,28-29,33-37H,23-27H2,1-7H3,(H,45,52)(H,46,53)(H,47,50)(H,48,51)(H,49,56)(H,54,55)/t33-,34-,35-,36+,37-/m0/s1. The van der Waals surface area contributed by atoms with E-state index in [1.165, 1.54) is 0 Å². The van der Waals surface area contributed by atoms with E-state index < -0.39 is 71.5 Å². The van der Waals surface area contributed by atoms with Gasteiger partial charge in [-0.05, 0) is 62.1 Å². The van der Waals surface area contributed by atoms with Gasteiger partial charge in [-0.1, -0.05) is 119 Å². The number of carboxylic acids is 1. The summed E-state index contributed by atoms with van der Waals surface area (Å²) in [6.07, 6.45) is -0.177. The topological polar surface area (TPSA) is 192 Å². The van der Waals surface area contributed by atoms with E-state index in [4.69, 9.17) is 4.74 Å². The SMILES string of the molecule is CC(C)C[C@H](NC(=O)[C@H](Cc1ccccc1)NC(=O)[C@H](CC(C)C)NC(=O)[C@@H](Cc1ccccc1)NC(=O)OC(C)(C)C)C(=O)N[C@@H](Cc1ccccc1)C(=O)O. The molecule has 3 aromatic carbocycles. The Hall–Kier alpha value is -5.72. The van der Waals surface area contributed by atoms with Crippen molar-refractivity contribution in [2.75, 3.05) is 0 Å². The zero-order chi connectivity index (χ0) is 42.1. The van der Waals surface area contributed by atoms with Crippen LogP contribution in [-0.4, -0.2) is 76.6 Å². The van der Waals surface area contributed by atoms with Crippen molar-refractivity contribution in [3.05, 3.63) is 108 Å². The van der Waals surface area contributed by atoms with Crippen LogP contribution in [0.2, 0.25) is 0 Å². The third-order valence-corrected chi connectivity index (χ3v) is 8.78. The van der Waals surface area contributed by atoms with Crippen molar-refractivity contribution in [2.45, 2.75) is 116 Å². The van der Waals surface area contributed by atoms with Crippen LogP contribution in [0.25, 0.3) is 0 Å². The van der Waals surface area contributed by atoms with Gasteiger partial charge in [0.05, 0.1) is 0 Å². The van der Waals surface area contributed by atoms with Crippen molar-refractivity contribution < 1.29 is 38.6 Å². The number of aliphatic carboxylic acids is 1. The molecule has 13 heteroatoms. The molecule has 0 aliphatic heterocycles. The Kier molecular flexibility index (Phi) is 17.7. The van der Waals surface area contributed by atoms with Crippen molar-refractivity contribution in [1.82, 2.24) is 26.6 Å². The highest BCUT2D eigenvalue weighted by Gasteiger charge is 2.34. The number of hydrogen-bond donors (Lipinski definition) is 6. The van der Waals surface area contributed by atoms with Gasteiger partial charge in [-0.3, -0.25) is 19.2 Å². The Bertz CT molecular complexity index is 1760. The lowest BCUT2D eigenvalue weighted by atomic mass is 9.98. The Morgan fingerprint density at radius 2 is 0.789 bits per heavy atom. The molecule has 5 atom stereocenters. The second kappa shape index (κ2) is 22.1. The van der Waals surface area contributed by atoms with E-state index >= 15 is 0 Å². The maximum absolute atomic E-state index is 14.1. The smallest absolute Gasteiger partial charge is 0.408 e. The van der Waals surface area contributed by atoms with Gasteiger partial charge in [-0.2, -0.15) is 0 Å². The molecule has 0 radical (unpaired) electrons. The monoisotopic (exact) mass is 785 g/mol. The first kappa shape index (κ1) is 45.7. The minimum Gasteiger partial charge on any atom is -0.480 e. The maximum atomic E-state index is 14.1. The van der Waals surface area contributed by atoms with Crippen LogP contribution < -0.4 is 26.6 Å². The van der Waals surface area contributed by atoms with Gasteiger partial charge in [-0.25, -0.2) is 9.59 Å². The third-order valence-electron chi connectivity index (χ3n) is 8.78. The maximum Gasteiger partial charge on any atom is 0.408 e. The highest BCUT2D eigenvalue weighted by atomic mass is 16.6. The van der Waals surface area contributed by atoms with E-state index in [0.29, 0.717) is 0 Å². The molecular formula is C44H59N5O8. The molecule has 3 rings (SSSR count). The van der Waals surface area contributed by atoms with E-state index in [9.17, 15) is 33.9 Å². The van der Waals surface area contributed by atoms with E-state index in [2.05, 4.69) is 26.6 Å². The van der Waals surface area contributed by atoms with E-state index in [1.807, 2.05) is 70.2 Å². The Labute approximate surface area is 336 Å². The molecule has 6 N–H and O–H groups in total. The summed E-state index contributed by atoms with van der Waals surface area (Å²) >= 11 is 0. The second-order valence-electron chi connectivity index (χ2n) is 16.1. The minimum absolute atomic E-state index is 0.0411. The molecule has 0 bridgehead atoms. The summed E-state index contributed by atoms with van der Waals surface area (Å²) in [7, 11) is 0. The number of carboxylic acid groups (broad SMARTS) is 1. The minimum atomic E-state index is -1.25. The molecule has 0 aliphatic rings. The van der Waals surface area contributed by atoms with Crippen LogP contribution >= 0.6 is 0 Å². The van der Waals surface area contributed by atoms with Crippen LogP contribution in [0.1, 0.15) is 78.0 Å². The first-order chi connectivity index (χ1) is 26.9. The first-order valence-electron chi connectivity index (χ1n) is 19.5. The number of carbonyl (C=O) groups is 6. The fourth-order valence-corrected chi connectivity index (χ4v) is 6.11. The average Bonchev–Trinajstić information content (AvgIpc) is 3.13. The molecule has 0 spiro atoms. The van der Waals surface area contributed by atoms with Crippen LogP contribution in [0.4, 0.5) is 4.79 Å². The van der Waals surface area contributed by atoms with Gasteiger partial charge in [0, 0.05) is 19.3 Å². The molecule has 5 amide bonds. The Balaban J connectivity index is 1.87. The Morgan fingerprint density at radius 1 is 0.491 bits per heavy atom. The van der Waals surface area contributed by atoms with Crippen LogP contribution in [0.5, 0.6) is 0 Å². The molecule has 0 aromatic heterocycles. The average molecular weight is 786 g/mol. The largest absolute Gasteiger partial charge is 0.480 e. The zero-order valence-electron chi connectivity index (χ0n) is 34.0. The molecule has 0 unspecified atom stereocenters. The Morgan fingerprint density at radius 3 is 1.12 bits per heavy atom. The quantitative estimate of drug-likeness (QED) is 0.0948. The number of nitrogens with one attached hydrogen (secondary N) is 5. The summed E-state index contributed by atoms with van der Waals surface area (Å²) in [4.78, 5) is 80.9. The summed E-state index contributed by atoms with van der Waals surface area (Å²) in [5.74, 6) is -3.94. The van der Waals surface area contributed by atoms with E-state index in [0.717, 1.165) is 16.7 Å². The summed E-state index contributed by atoms with van der Waals surface area (Å²) in [5.41, 5.74) is 1.40. The van der Waals surface area contributed by atoms with Crippen molar-refractivity contribution in [3.63, 3.8) is 0 Å². The lowest BCUT2D eigenvalue weighted by molar-refractivity contribution is -0.142. The molecule has 3 aromatic rings. The molecule has 308 valence electrons. The zero-order valence-corrected chi connectivity index (χ0v) is 34.0. The van der Waals surface area contributed by atoms with Gasteiger partial charge in [-0.15, -0.1) is 0 Å². The fraction of sp³-hybridized carbons (Fsp3) is 0.455. The van der Waals surface area contributed by atoms with Crippen molar-refractivity contribution in [2.24, 2.45) is 11.8 Å². The molecule has 0 heterocycles. The molecule has 57 heavy (non-hydrogen) atoms. The highest BCUT2D eigenvalue weighted by Crippen LogP contribution is 2.13. The fourth-order valence-electron chi connectivity index (χ4n) is 6.11. The predicted molar refractivity (Wildman–Crippen MR) is 218 cm³/mol. The van der Waals surface area contributed by atoms with Crippen LogP contribution in [0, 0.1) is 11.8 Å². The van der Waals surface area contributed by atoms with Crippen LogP contribution in [0.15, 0.2) is 91.0 Å². The van der Waals surface area contributed by atoms with Gasteiger partial charge in [0.1, 0.15) is 35.8 Å². The van der Waals surface area contributed by atoms with Gasteiger partial charge >= 0.3 is 12.1 Å². The van der Waals surface area contributed by atoms with Crippen molar-refractivity contribution >= 4 is 35.7 Å². The number of carbonyl (C=O) groups excluding carboxylic acids is 5. The van der Waals surface area contributed by atoms with Crippen molar-refractivity contribution in [1.29, 1.82) is 0 Å². The predicted octanol–water partition coefficient (Wildman–Crippen LogP) is 4.72. The summed E-state index contributed by atoms with van der Waals surface area (Å²) in [6, 6.07) is 21.3.